The maximum atomic E-state index is 15.6. The number of aromatic amines is 1. The second kappa shape index (κ2) is 12.0. The van der Waals surface area contributed by atoms with Crippen LogP contribution in [0.2, 0.25) is 0 Å². The molecular formula is C35H26F4N2O4. The summed E-state index contributed by atoms with van der Waals surface area (Å²) in [6, 6.07) is 20.0. The van der Waals surface area contributed by atoms with E-state index in [0.29, 0.717) is 33.1 Å². The Morgan fingerprint density at radius 2 is 1.64 bits per heavy atom. The van der Waals surface area contributed by atoms with Crippen molar-refractivity contribution >= 4 is 27.8 Å². The zero-order valence-corrected chi connectivity index (χ0v) is 23.9. The van der Waals surface area contributed by atoms with Crippen LogP contribution < -0.4 is 5.56 Å². The number of nitrogens with zero attached hydrogens (tertiary/aromatic N) is 1. The standard InChI is InChI=1S/C35H26F4N2O4/c1-41-28-14-5-3-9-22(28)33(42)30(34(41)43)29(24-18-19(36)15-16-25(24)37)32-21(20-8-2-4-13-27(20)40-32)11-7-17-45-35(44)23-10-6-12-26(38)31(23)39/h2-6,8-10,12-16,18,29,40,42H,7,11,17H2,1H3. The van der Waals surface area contributed by atoms with Gasteiger partial charge >= 0.3 is 5.97 Å². The molecule has 1 unspecified atom stereocenters. The number of carbonyl (C=O) groups excluding carboxylic acids is 1. The van der Waals surface area contributed by atoms with Crippen LogP contribution >= 0.6 is 0 Å². The zero-order valence-electron chi connectivity index (χ0n) is 23.9. The molecule has 0 saturated heterocycles. The van der Waals surface area contributed by atoms with Crippen molar-refractivity contribution < 1.29 is 32.2 Å². The maximum absolute atomic E-state index is 15.6. The summed E-state index contributed by atoms with van der Waals surface area (Å²) in [7, 11) is 1.54. The Labute approximate surface area is 254 Å². The molecule has 6 aromatic rings. The van der Waals surface area contributed by atoms with E-state index in [4.69, 9.17) is 4.74 Å². The van der Waals surface area contributed by atoms with E-state index >= 15 is 4.39 Å². The van der Waals surface area contributed by atoms with Crippen LogP contribution in [-0.4, -0.2) is 27.2 Å². The molecule has 2 N–H and O–H groups in total. The molecule has 2 heterocycles. The van der Waals surface area contributed by atoms with E-state index in [9.17, 15) is 27.9 Å². The minimum absolute atomic E-state index is 0.151. The molecule has 4 aromatic carbocycles. The van der Waals surface area contributed by atoms with E-state index in [-0.39, 0.29) is 36.3 Å². The van der Waals surface area contributed by atoms with Gasteiger partial charge in [-0.25, -0.2) is 22.4 Å². The van der Waals surface area contributed by atoms with Gasteiger partial charge in [-0.2, -0.15) is 0 Å². The topological polar surface area (TPSA) is 84.3 Å². The summed E-state index contributed by atoms with van der Waals surface area (Å²) >= 11 is 0. The Morgan fingerprint density at radius 3 is 2.44 bits per heavy atom. The molecule has 1 atom stereocenters. The van der Waals surface area contributed by atoms with Crippen molar-refractivity contribution in [2.45, 2.75) is 18.8 Å². The first kappa shape index (κ1) is 29.7. The number of aromatic hydroxyl groups is 1. The van der Waals surface area contributed by atoms with Gasteiger partial charge in [-0.05, 0) is 66.9 Å². The summed E-state index contributed by atoms with van der Waals surface area (Å²) in [5, 5.41) is 12.6. The van der Waals surface area contributed by atoms with Gasteiger partial charge in [0.2, 0.25) is 0 Å². The van der Waals surface area contributed by atoms with E-state index in [0.717, 1.165) is 30.3 Å². The number of fused-ring (bicyclic) bond motifs is 2. The van der Waals surface area contributed by atoms with Gasteiger partial charge in [0.1, 0.15) is 17.4 Å². The molecule has 228 valence electrons. The van der Waals surface area contributed by atoms with Gasteiger partial charge in [0.15, 0.2) is 11.6 Å². The maximum Gasteiger partial charge on any atom is 0.341 e. The average Bonchev–Trinajstić information content (AvgIpc) is 3.40. The molecule has 0 aliphatic heterocycles. The van der Waals surface area contributed by atoms with Gasteiger partial charge in [0.05, 0.1) is 29.2 Å². The van der Waals surface area contributed by atoms with E-state index < -0.39 is 46.3 Å². The van der Waals surface area contributed by atoms with Crippen LogP contribution in [0.1, 0.15) is 45.1 Å². The van der Waals surface area contributed by atoms with Gasteiger partial charge in [-0.1, -0.05) is 36.4 Å². The molecule has 10 heteroatoms. The lowest BCUT2D eigenvalue weighted by atomic mass is 9.84. The van der Waals surface area contributed by atoms with Gasteiger partial charge in [-0.15, -0.1) is 0 Å². The molecule has 6 nitrogen and oxygen atoms in total. The fraction of sp³-hybridized carbons (Fsp3) is 0.143. The molecule has 0 amide bonds. The van der Waals surface area contributed by atoms with Crippen molar-refractivity contribution in [2.75, 3.05) is 6.61 Å². The predicted octanol–water partition coefficient (Wildman–Crippen LogP) is 7.25. The van der Waals surface area contributed by atoms with Crippen LogP contribution in [0.25, 0.3) is 21.8 Å². The van der Waals surface area contributed by atoms with Gasteiger partial charge in [0, 0.05) is 34.6 Å². The number of H-pyrrole nitrogens is 1. The molecule has 0 saturated carbocycles. The van der Waals surface area contributed by atoms with Crippen LogP contribution in [0.3, 0.4) is 0 Å². The van der Waals surface area contributed by atoms with Crippen molar-refractivity contribution in [3.05, 3.63) is 146 Å². The molecule has 45 heavy (non-hydrogen) atoms. The molecule has 2 aromatic heterocycles. The lowest BCUT2D eigenvalue weighted by Crippen LogP contribution is -2.26. The normalized spacial score (nSPS) is 12.1. The minimum atomic E-state index is -1.31. The first-order chi connectivity index (χ1) is 21.7. The Hall–Kier alpha value is -5.38. The highest BCUT2D eigenvalue weighted by atomic mass is 19.2. The Kier molecular flexibility index (Phi) is 7.88. The average molecular weight is 615 g/mol. The molecule has 0 bridgehead atoms. The van der Waals surface area contributed by atoms with Crippen molar-refractivity contribution in [3.63, 3.8) is 0 Å². The summed E-state index contributed by atoms with van der Waals surface area (Å²) in [5.74, 6) is -6.66. The van der Waals surface area contributed by atoms with Crippen LogP contribution in [0, 0.1) is 23.3 Å². The lowest BCUT2D eigenvalue weighted by Gasteiger charge is -2.22. The van der Waals surface area contributed by atoms with Gasteiger partial charge in [-0.3, -0.25) is 4.79 Å². The number of ether oxygens (including phenoxy) is 1. The number of para-hydroxylation sites is 2. The van der Waals surface area contributed by atoms with Crippen LogP contribution in [0.5, 0.6) is 5.75 Å². The fourth-order valence-corrected chi connectivity index (χ4v) is 5.84. The van der Waals surface area contributed by atoms with Crippen LogP contribution in [0.4, 0.5) is 17.6 Å². The number of hydrogen-bond donors (Lipinski definition) is 2. The molecule has 0 radical (unpaired) electrons. The smallest absolute Gasteiger partial charge is 0.341 e. The molecule has 6 rings (SSSR count). The number of benzene rings is 4. The first-order valence-corrected chi connectivity index (χ1v) is 14.1. The Morgan fingerprint density at radius 1 is 0.911 bits per heavy atom. The van der Waals surface area contributed by atoms with E-state index in [1.165, 1.54) is 17.7 Å². The third-order valence-corrected chi connectivity index (χ3v) is 7.98. The summed E-state index contributed by atoms with van der Waals surface area (Å²) in [5.41, 5.74) is 0.589. The van der Waals surface area contributed by atoms with Crippen LogP contribution in [-0.2, 0) is 18.2 Å². The number of halogens is 4. The summed E-state index contributed by atoms with van der Waals surface area (Å²) in [6.07, 6.45) is 0.429. The third-order valence-electron chi connectivity index (χ3n) is 7.98. The van der Waals surface area contributed by atoms with Crippen molar-refractivity contribution in [1.29, 1.82) is 0 Å². The van der Waals surface area contributed by atoms with Crippen molar-refractivity contribution in [2.24, 2.45) is 7.05 Å². The quantitative estimate of drug-likeness (QED) is 0.108. The third kappa shape index (κ3) is 5.32. The number of carbonyl (C=O) groups is 1. The van der Waals surface area contributed by atoms with E-state index in [1.807, 2.05) is 6.07 Å². The number of rotatable bonds is 8. The number of nitrogens with one attached hydrogen (secondary N) is 1. The summed E-state index contributed by atoms with van der Waals surface area (Å²) < 4.78 is 64.5. The van der Waals surface area contributed by atoms with Gasteiger partial charge < -0.3 is 19.4 Å². The van der Waals surface area contributed by atoms with Crippen molar-refractivity contribution in [1.82, 2.24) is 9.55 Å². The number of hydrogen-bond acceptors (Lipinski definition) is 4. The summed E-state index contributed by atoms with van der Waals surface area (Å²) in [4.78, 5) is 29.6. The Balaban J connectivity index is 1.46. The molecule has 0 aliphatic carbocycles. The Bertz CT molecular complexity index is 2150. The summed E-state index contributed by atoms with van der Waals surface area (Å²) in [6.45, 7) is -0.171. The fourth-order valence-electron chi connectivity index (χ4n) is 5.84. The number of pyridine rings is 1. The first-order valence-electron chi connectivity index (χ1n) is 14.1. The SMILES string of the molecule is Cn1c(=O)c(C(c2cc(F)ccc2F)c2[nH]c3ccccc3c2CCCOC(=O)c2cccc(F)c2F)c(O)c2ccccc21. The van der Waals surface area contributed by atoms with Crippen molar-refractivity contribution in [3.8, 4) is 5.75 Å². The zero-order chi connectivity index (χ0) is 31.8. The highest BCUT2D eigenvalue weighted by Crippen LogP contribution is 2.42. The number of aromatic nitrogens is 2. The lowest BCUT2D eigenvalue weighted by molar-refractivity contribution is 0.0494. The highest BCUT2D eigenvalue weighted by molar-refractivity contribution is 5.90. The monoisotopic (exact) mass is 614 g/mol. The van der Waals surface area contributed by atoms with Crippen LogP contribution in [0.15, 0.2) is 89.7 Å². The second-order valence-corrected chi connectivity index (χ2v) is 10.6. The highest BCUT2D eigenvalue weighted by Gasteiger charge is 2.32. The minimum Gasteiger partial charge on any atom is -0.507 e. The molecule has 0 aliphatic rings. The van der Waals surface area contributed by atoms with Gasteiger partial charge in [0.25, 0.3) is 5.56 Å². The number of esters is 1. The molecule has 0 spiro atoms. The molecular weight excluding hydrogens is 588 g/mol. The largest absolute Gasteiger partial charge is 0.507 e. The second-order valence-electron chi connectivity index (χ2n) is 10.6. The number of aryl methyl sites for hydroxylation is 2. The van der Waals surface area contributed by atoms with E-state index in [1.54, 1.807) is 42.5 Å². The predicted molar refractivity (Wildman–Crippen MR) is 161 cm³/mol. The molecule has 0 fully saturated rings. The van der Waals surface area contributed by atoms with E-state index in [2.05, 4.69) is 4.98 Å².